The summed E-state index contributed by atoms with van der Waals surface area (Å²) in [5, 5.41) is 5.16. The van der Waals surface area contributed by atoms with Gasteiger partial charge in [0.25, 0.3) is 0 Å². The molecule has 2 atom stereocenters. The third kappa shape index (κ3) is 3.48. The van der Waals surface area contributed by atoms with E-state index in [1.165, 1.54) is 12.3 Å². The van der Waals surface area contributed by atoms with Gasteiger partial charge < -0.3 is 4.74 Å². The van der Waals surface area contributed by atoms with Gasteiger partial charge in [-0.25, -0.2) is 9.50 Å². The van der Waals surface area contributed by atoms with Crippen molar-refractivity contribution in [2.24, 2.45) is 0 Å². The fourth-order valence-electron chi connectivity index (χ4n) is 3.74. The molecule has 1 aromatic carbocycles. The van der Waals surface area contributed by atoms with E-state index in [1.807, 2.05) is 24.3 Å². The van der Waals surface area contributed by atoms with Crippen molar-refractivity contribution in [3.05, 3.63) is 65.2 Å². The van der Waals surface area contributed by atoms with Gasteiger partial charge in [-0.2, -0.15) is 18.3 Å². The van der Waals surface area contributed by atoms with Gasteiger partial charge in [0.1, 0.15) is 10.9 Å². The molecule has 0 spiro atoms. The first-order valence-corrected chi connectivity index (χ1v) is 9.35. The molecule has 0 bridgehead atoms. The van der Waals surface area contributed by atoms with Crippen LogP contribution in [0.2, 0.25) is 5.15 Å². The SMILES string of the molecule is FC(F)(F)COc1ccnc2ccc(C3C[C@@H]3c3cc(Cl)nn4ccnc34)cc12. The van der Waals surface area contributed by atoms with Crippen LogP contribution in [0.15, 0.2) is 48.9 Å². The Kier molecular flexibility index (Phi) is 4.13. The van der Waals surface area contributed by atoms with E-state index in [1.54, 1.807) is 16.9 Å². The van der Waals surface area contributed by atoms with Gasteiger partial charge in [-0.1, -0.05) is 17.7 Å². The maximum atomic E-state index is 12.6. The summed E-state index contributed by atoms with van der Waals surface area (Å²) in [4.78, 5) is 8.60. The number of rotatable bonds is 4. The van der Waals surface area contributed by atoms with Gasteiger partial charge in [0.05, 0.1) is 5.52 Å². The minimum absolute atomic E-state index is 0.175. The second kappa shape index (κ2) is 6.59. The average molecular weight is 419 g/mol. The molecule has 0 aliphatic heterocycles. The number of nitrogens with zero attached hydrogens (tertiary/aromatic N) is 4. The molecule has 0 amide bonds. The second-order valence-corrected chi connectivity index (χ2v) is 7.44. The van der Waals surface area contributed by atoms with Gasteiger partial charge in [-0.15, -0.1) is 0 Å². The van der Waals surface area contributed by atoms with Gasteiger partial charge in [0.2, 0.25) is 0 Å². The number of imidazole rings is 1. The summed E-state index contributed by atoms with van der Waals surface area (Å²) in [6, 6.07) is 8.92. The van der Waals surface area contributed by atoms with E-state index in [0.29, 0.717) is 16.1 Å². The number of alkyl halides is 3. The zero-order chi connectivity index (χ0) is 20.2. The summed E-state index contributed by atoms with van der Waals surface area (Å²) in [5.74, 6) is 0.608. The Morgan fingerprint density at radius 1 is 1.10 bits per heavy atom. The minimum Gasteiger partial charge on any atom is -0.483 e. The van der Waals surface area contributed by atoms with Crippen LogP contribution in [0, 0.1) is 0 Å². The number of ether oxygens (including phenoxy) is 1. The van der Waals surface area contributed by atoms with Crippen LogP contribution in [0.4, 0.5) is 13.2 Å². The van der Waals surface area contributed by atoms with Crippen LogP contribution in [0.3, 0.4) is 0 Å². The van der Waals surface area contributed by atoms with Crippen LogP contribution in [-0.2, 0) is 0 Å². The topological polar surface area (TPSA) is 52.3 Å². The fourth-order valence-corrected chi connectivity index (χ4v) is 3.94. The zero-order valence-electron chi connectivity index (χ0n) is 14.9. The molecule has 0 radical (unpaired) electrons. The van der Waals surface area contributed by atoms with Crippen LogP contribution >= 0.6 is 11.6 Å². The molecule has 1 aliphatic rings. The van der Waals surface area contributed by atoms with Crippen molar-refractivity contribution in [2.75, 3.05) is 6.61 Å². The van der Waals surface area contributed by atoms with Crippen molar-refractivity contribution < 1.29 is 17.9 Å². The highest BCUT2D eigenvalue weighted by atomic mass is 35.5. The van der Waals surface area contributed by atoms with Gasteiger partial charge in [-0.3, -0.25) is 4.98 Å². The van der Waals surface area contributed by atoms with Gasteiger partial charge in [0, 0.05) is 29.5 Å². The predicted molar refractivity (Wildman–Crippen MR) is 101 cm³/mol. The lowest BCUT2D eigenvalue weighted by Gasteiger charge is -2.12. The molecular formula is C20H14ClF3N4O. The van der Waals surface area contributed by atoms with Crippen LogP contribution in [-0.4, -0.2) is 32.4 Å². The van der Waals surface area contributed by atoms with E-state index >= 15 is 0 Å². The highest BCUT2D eigenvalue weighted by molar-refractivity contribution is 6.29. The van der Waals surface area contributed by atoms with Crippen molar-refractivity contribution in [3.8, 4) is 5.75 Å². The van der Waals surface area contributed by atoms with Crippen LogP contribution in [0.1, 0.15) is 29.4 Å². The quantitative estimate of drug-likeness (QED) is 0.460. The molecule has 5 nitrogen and oxygen atoms in total. The van der Waals surface area contributed by atoms with Crippen molar-refractivity contribution in [1.29, 1.82) is 0 Å². The summed E-state index contributed by atoms with van der Waals surface area (Å²) in [6.45, 7) is -1.34. The van der Waals surface area contributed by atoms with E-state index in [-0.39, 0.29) is 17.6 Å². The van der Waals surface area contributed by atoms with Gasteiger partial charge >= 0.3 is 6.18 Å². The molecule has 29 heavy (non-hydrogen) atoms. The van der Waals surface area contributed by atoms with Crippen molar-refractivity contribution in [1.82, 2.24) is 19.6 Å². The average Bonchev–Trinajstić information content (AvgIpc) is 3.34. The lowest BCUT2D eigenvalue weighted by atomic mass is 10.0. The van der Waals surface area contributed by atoms with Crippen molar-refractivity contribution in [2.45, 2.75) is 24.4 Å². The highest BCUT2D eigenvalue weighted by Gasteiger charge is 2.41. The maximum absolute atomic E-state index is 12.6. The Hall–Kier alpha value is -2.87. The molecule has 148 valence electrons. The molecule has 5 rings (SSSR count). The molecule has 9 heteroatoms. The summed E-state index contributed by atoms with van der Waals surface area (Å²) in [5.41, 5.74) is 3.39. The standard InChI is InChI=1S/C20H14ClF3N4O/c21-18-9-14(19-26-5-6-28(19)27-18)13-8-12(13)11-1-2-16-15(7-11)17(3-4-25-16)29-10-20(22,23)24/h1-7,9,12-13H,8,10H2/t12?,13-/m0/s1. The number of aromatic nitrogens is 4. The van der Waals surface area contributed by atoms with Gasteiger partial charge in [-0.05, 0) is 48.1 Å². The smallest absolute Gasteiger partial charge is 0.422 e. The van der Waals surface area contributed by atoms with E-state index in [2.05, 4.69) is 15.1 Å². The van der Waals surface area contributed by atoms with Crippen LogP contribution in [0.25, 0.3) is 16.6 Å². The molecule has 1 saturated carbocycles. The number of pyridine rings is 1. The monoisotopic (exact) mass is 418 g/mol. The third-order valence-electron chi connectivity index (χ3n) is 5.09. The molecule has 1 unspecified atom stereocenters. The minimum atomic E-state index is -4.40. The molecule has 4 aromatic rings. The van der Waals surface area contributed by atoms with Crippen molar-refractivity contribution >= 4 is 28.2 Å². The Morgan fingerprint density at radius 2 is 1.97 bits per heavy atom. The van der Waals surface area contributed by atoms with E-state index in [0.717, 1.165) is 23.2 Å². The molecule has 1 aliphatic carbocycles. The summed E-state index contributed by atoms with van der Waals surface area (Å²) in [6.07, 6.45) is 1.36. The van der Waals surface area contributed by atoms with E-state index in [4.69, 9.17) is 16.3 Å². The van der Waals surface area contributed by atoms with E-state index in [9.17, 15) is 13.2 Å². The molecule has 1 fully saturated rings. The van der Waals surface area contributed by atoms with E-state index < -0.39 is 12.8 Å². The maximum Gasteiger partial charge on any atom is 0.422 e. The van der Waals surface area contributed by atoms with Crippen LogP contribution < -0.4 is 4.74 Å². The van der Waals surface area contributed by atoms with Crippen molar-refractivity contribution in [3.63, 3.8) is 0 Å². The predicted octanol–water partition coefficient (Wildman–Crippen LogP) is 5.14. The fraction of sp³-hybridized carbons (Fsp3) is 0.250. The number of hydrogen-bond donors (Lipinski definition) is 0. The molecule has 0 N–H and O–H groups in total. The lowest BCUT2D eigenvalue weighted by molar-refractivity contribution is -0.153. The summed E-state index contributed by atoms with van der Waals surface area (Å²) in [7, 11) is 0. The Morgan fingerprint density at radius 3 is 2.79 bits per heavy atom. The Labute approximate surface area is 168 Å². The van der Waals surface area contributed by atoms with Gasteiger partial charge in [0.15, 0.2) is 12.3 Å². The Bertz CT molecular complexity index is 1220. The lowest BCUT2D eigenvalue weighted by Crippen LogP contribution is -2.19. The second-order valence-electron chi connectivity index (χ2n) is 7.06. The highest BCUT2D eigenvalue weighted by Crippen LogP contribution is 2.56. The Balaban J connectivity index is 1.48. The first-order chi connectivity index (χ1) is 13.9. The largest absolute Gasteiger partial charge is 0.483 e. The third-order valence-corrected chi connectivity index (χ3v) is 5.28. The summed E-state index contributed by atoms with van der Waals surface area (Å²) >= 11 is 6.14. The summed E-state index contributed by atoms with van der Waals surface area (Å²) < 4.78 is 44.4. The number of fused-ring (bicyclic) bond motifs is 2. The first-order valence-electron chi connectivity index (χ1n) is 8.97. The molecular weight excluding hydrogens is 405 g/mol. The number of hydrogen-bond acceptors (Lipinski definition) is 4. The number of halogens is 4. The van der Waals surface area contributed by atoms with Crippen LogP contribution in [0.5, 0.6) is 5.75 Å². The molecule has 3 aromatic heterocycles. The number of benzene rings is 1. The normalized spacial score (nSPS) is 19.0. The zero-order valence-corrected chi connectivity index (χ0v) is 15.7. The molecule has 0 saturated heterocycles. The molecule has 3 heterocycles. The first kappa shape index (κ1) is 18.2.